The van der Waals surface area contributed by atoms with Gasteiger partial charge in [-0.2, -0.15) is 0 Å². The Labute approximate surface area is 164 Å². The van der Waals surface area contributed by atoms with Gasteiger partial charge in [-0.25, -0.2) is 0 Å². The van der Waals surface area contributed by atoms with Gasteiger partial charge in [-0.3, -0.25) is 9.59 Å². The molecule has 0 radical (unpaired) electrons. The first-order chi connectivity index (χ1) is 13.3. The molecule has 0 aromatic heterocycles. The fraction of sp³-hybridized carbons (Fsp3) is 0.364. The number of nitrogens with zero attached hydrogens (tertiary/aromatic N) is 1. The zero-order chi connectivity index (χ0) is 19.9. The number of carbonyl (C=O) groups excluding carboxylic acids is 2. The van der Waals surface area contributed by atoms with E-state index in [9.17, 15) is 9.59 Å². The Kier molecular flexibility index (Phi) is 4.49. The summed E-state index contributed by atoms with van der Waals surface area (Å²) in [6.45, 7) is 6.47. The highest BCUT2D eigenvalue weighted by Crippen LogP contribution is 2.35. The number of benzene rings is 2. The van der Waals surface area contributed by atoms with Crippen LogP contribution in [0.25, 0.3) is 0 Å². The van der Waals surface area contributed by atoms with Crippen LogP contribution in [0.2, 0.25) is 0 Å². The first kappa shape index (κ1) is 18.3. The lowest BCUT2D eigenvalue weighted by atomic mass is 10.0. The molecule has 0 aliphatic carbocycles. The molecule has 0 saturated carbocycles. The van der Waals surface area contributed by atoms with E-state index >= 15 is 0 Å². The molecule has 6 heteroatoms. The average Bonchev–Trinajstić information content (AvgIpc) is 3.21. The van der Waals surface area contributed by atoms with Gasteiger partial charge in [0, 0.05) is 17.6 Å². The maximum atomic E-state index is 13.0. The van der Waals surface area contributed by atoms with Crippen LogP contribution in [0.5, 0.6) is 11.5 Å². The van der Waals surface area contributed by atoms with Crippen molar-refractivity contribution in [1.29, 1.82) is 0 Å². The number of carbonyl (C=O) groups is 2. The zero-order valence-corrected chi connectivity index (χ0v) is 16.3. The molecule has 1 unspecified atom stereocenters. The van der Waals surface area contributed by atoms with E-state index in [1.165, 1.54) is 0 Å². The van der Waals surface area contributed by atoms with Gasteiger partial charge in [0.1, 0.15) is 6.04 Å². The lowest BCUT2D eigenvalue weighted by molar-refractivity contribution is -0.127. The van der Waals surface area contributed by atoms with E-state index in [1.54, 1.807) is 11.0 Å². The molecule has 146 valence electrons. The summed E-state index contributed by atoms with van der Waals surface area (Å²) in [6, 6.07) is 12.5. The Morgan fingerprint density at radius 2 is 1.89 bits per heavy atom. The molecule has 4 rings (SSSR count). The highest BCUT2D eigenvalue weighted by molar-refractivity contribution is 6.04. The first-order valence-electron chi connectivity index (χ1n) is 9.44. The summed E-state index contributed by atoms with van der Waals surface area (Å²) in [5.74, 6) is 1.19. The highest BCUT2D eigenvalue weighted by Gasteiger charge is 2.41. The number of amides is 2. The van der Waals surface area contributed by atoms with Gasteiger partial charge in [0.25, 0.3) is 5.91 Å². The van der Waals surface area contributed by atoms with Gasteiger partial charge < -0.3 is 19.7 Å². The summed E-state index contributed by atoms with van der Waals surface area (Å²) in [5, 5.41) is 3.02. The van der Waals surface area contributed by atoms with Crippen LogP contribution in [0.1, 0.15) is 48.3 Å². The smallest absolute Gasteiger partial charge is 0.255 e. The van der Waals surface area contributed by atoms with Crippen molar-refractivity contribution in [2.45, 2.75) is 38.8 Å². The van der Waals surface area contributed by atoms with Crippen LogP contribution in [-0.2, 0) is 11.2 Å². The molecule has 28 heavy (non-hydrogen) atoms. The van der Waals surface area contributed by atoms with Crippen LogP contribution >= 0.6 is 0 Å². The minimum atomic E-state index is -0.614. The Bertz CT molecular complexity index is 932. The third-order valence-electron chi connectivity index (χ3n) is 4.88. The summed E-state index contributed by atoms with van der Waals surface area (Å²) >= 11 is 0. The molecule has 1 N–H and O–H groups in total. The normalized spacial score (nSPS) is 17.6. The fourth-order valence-electron chi connectivity index (χ4n) is 3.67. The Morgan fingerprint density at radius 1 is 1.14 bits per heavy atom. The molecule has 2 aliphatic heterocycles. The summed E-state index contributed by atoms with van der Waals surface area (Å²) in [6.07, 6.45) is 0.621. The van der Waals surface area contributed by atoms with Gasteiger partial charge in [0.2, 0.25) is 12.7 Å². The van der Waals surface area contributed by atoms with E-state index < -0.39 is 6.04 Å². The Hall–Kier alpha value is -3.02. The molecular weight excluding hydrogens is 356 g/mol. The molecule has 2 aliphatic rings. The number of hydrogen-bond donors (Lipinski definition) is 1. The fourth-order valence-corrected chi connectivity index (χ4v) is 3.67. The van der Waals surface area contributed by atoms with Crippen molar-refractivity contribution >= 4 is 11.8 Å². The van der Waals surface area contributed by atoms with Gasteiger partial charge in [-0.05, 0) is 56.5 Å². The van der Waals surface area contributed by atoms with Crippen molar-refractivity contribution in [2.24, 2.45) is 0 Å². The third-order valence-corrected chi connectivity index (χ3v) is 4.88. The van der Waals surface area contributed by atoms with Crippen LogP contribution in [-0.4, -0.2) is 35.6 Å². The molecule has 2 aromatic carbocycles. The summed E-state index contributed by atoms with van der Waals surface area (Å²) in [4.78, 5) is 27.7. The van der Waals surface area contributed by atoms with E-state index in [1.807, 2.05) is 57.2 Å². The van der Waals surface area contributed by atoms with Crippen LogP contribution in [0.3, 0.4) is 0 Å². The largest absolute Gasteiger partial charge is 0.454 e. The van der Waals surface area contributed by atoms with Crippen LogP contribution in [0.4, 0.5) is 0 Å². The molecule has 0 saturated heterocycles. The minimum Gasteiger partial charge on any atom is -0.454 e. The van der Waals surface area contributed by atoms with Crippen molar-refractivity contribution < 1.29 is 19.1 Å². The minimum absolute atomic E-state index is 0.106. The van der Waals surface area contributed by atoms with Crippen molar-refractivity contribution in [3.8, 4) is 11.5 Å². The van der Waals surface area contributed by atoms with Crippen molar-refractivity contribution in [3.05, 3.63) is 59.2 Å². The second-order valence-electron chi connectivity index (χ2n) is 8.17. The van der Waals surface area contributed by atoms with Crippen LogP contribution in [0.15, 0.2) is 42.5 Å². The maximum Gasteiger partial charge on any atom is 0.255 e. The third kappa shape index (κ3) is 3.42. The van der Waals surface area contributed by atoms with Crippen molar-refractivity contribution in [1.82, 2.24) is 10.2 Å². The van der Waals surface area contributed by atoms with E-state index in [2.05, 4.69) is 5.32 Å². The van der Waals surface area contributed by atoms with Crippen molar-refractivity contribution in [2.75, 3.05) is 13.3 Å². The average molecular weight is 380 g/mol. The summed E-state index contributed by atoms with van der Waals surface area (Å²) in [5.41, 5.74) is 2.02. The highest BCUT2D eigenvalue weighted by atomic mass is 16.7. The molecule has 2 amide bonds. The Morgan fingerprint density at radius 3 is 2.68 bits per heavy atom. The quantitative estimate of drug-likeness (QED) is 0.885. The Balaban J connectivity index is 1.57. The predicted octanol–water partition coefficient (Wildman–Crippen LogP) is 3.07. The van der Waals surface area contributed by atoms with Crippen molar-refractivity contribution in [3.63, 3.8) is 0 Å². The molecule has 2 heterocycles. The van der Waals surface area contributed by atoms with Crippen LogP contribution < -0.4 is 14.8 Å². The summed E-state index contributed by atoms with van der Waals surface area (Å²) in [7, 11) is 0. The lowest BCUT2D eigenvalue weighted by Gasteiger charge is -2.29. The van der Waals surface area contributed by atoms with E-state index in [4.69, 9.17) is 9.47 Å². The molecule has 6 nitrogen and oxygen atoms in total. The second-order valence-corrected chi connectivity index (χ2v) is 8.17. The zero-order valence-electron chi connectivity index (χ0n) is 16.3. The van der Waals surface area contributed by atoms with E-state index in [0.29, 0.717) is 18.5 Å². The molecule has 0 fully saturated rings. The van der Waals surface area contributed by atoms with E-state index in [-0.39, 0.29) is 24.1 Å². The molecule has 0 spiro atoms. The second kappa shape index (κ2) is 6.86. The van der Waals surface area contributed by atoms with Crippen LogP contribution in [0, 0.1) is 0 Å². The number of nitrogens with one attached hydrogen (secondary N) is 1. The van der Waals surface area contributed by atoms with Gasteiger partial charge in [0.05, 0.1) is 0 Å². The number of rotatable bonds is 4. The topological polar surface area (TPSA) is 67.9 Å². The predicted molar refractivity (Wildman–Crippen MR) is 104 cm³/mol. The molecule has 0 bridgehead atoms. The molecule has 1 atom stereocenters. The standard InChI is InChI=1S/C22H24N2O4/c1-22(2,3)23-20(25)19-15-6-4-5-7-16(15)21(26)24(19)11-10-14-8-9-17-18(12-14)28-13-27-17/h4-9,12,19H,10-11,13H2,1-3H3,(H,23,25). The van der Waals surface area contributed by atoms with Gasteiger partial charge >= 0.3 is 0 Å². The molecular formula is C22H24N2O4. The summed E-state index contributed by atoms with van der Waals surface area (Å²) < 4.78 is 10.8. The van der Waals surface area contributed by atoms with E-state index in [0.717, 1.165) is 22.6 Å². The SMILES string of the molecule is CC(C)(C)NC(=O)C1c2ccccc2C(=O)N1CCc1ccc2c(c1)OCO2. The first-order valence-corrected chi connectivity index (χ1v) is 9.44. The maximum absolute atomic E-state index is 13.0. The van der Waals surface area contributed by atoms with Gasteiger partial charge in [0.15, 0.2) is 11.5 Å². The van der Waals surface area contributed by atoms with Gasteiger partial charge in [-0.1, -0.05) is 24.3 Å². The number of ether oxygens (including phenoxy) is 2. The lowest BCUT2D eigenvalue weighted by Crippen LogP contribution is -2.47. The van der Waals surface area contributed by atoms with Gasteiger partial charge in [-0.15, -0.1) is 0 Å². The molecule has 2 aromatic rings. The number of hydrogen-bond acceptors (Lipinski definition) is 4. The monoisotopic (exact) mass is 380 g/mol. The number of fused-ring (bicyclic) bond motifs is 2.